The van der Waals surface area contributed by atoms with Crippen molar-refractivity contribution < 1.29 is 23.5 Å². The molecule has 0 bridgehead atoms. The number of benzene rings is 2. The number of amides is 1. The zero-order chi connectivity index (χ0) is 24.8. The van der Waals surface area contributed by atoms with Gasteiger partial charge in [0, 0.05) is 6.04 Å². The Kier molecular flexibility index (Phi) is 8.62. The average molecular weight is 561 g/mol. The first-order chi connectivity index (χ1) is 17.0. The lowest BCUT2D eigenvalue weighted by Gasteiger charge is -2.30. The van der Waals surface area contributed by atoms with Crippen molar-refractivity contribution >= 4 is 56.5 Å². The van der Waals surface area contributed by atoms with Gasteiger partial charge < -0.3 is 9.47 Å². The number of halogens is 2. The number of rotatable bonds is 7. The number of para-hydroxylation sites is 1. The van der Waals surface area contributed by atoms with Gasteiger partial charge in [0.05, 0.1) is 16.0 Å². The van der Waals surface area contributed by atoms with E-state index < -0.39 is 11.8 Å². The second-order valence-electron chi connectivity index (χ2n) is 8.21. The Labute approximate surface area is 216 Å². The molecule has 0 radical (unpaired) electrons. The Morgan fingerprint density at radius 2 is 2.00 bits per heavy atom. The molecule has 9 heteroatoms. The summed E-state index contributed by atoms with van der Waals surface area (Å²) in [7, 11) is 0. The number of amidine groups is 1. The van der Waals surface area contributed by atoms with Crippen molar-refractivity contribution in [3.8, 4) is 5.75 Å². The summed E-state index contributed by atoms with van der Waals surface area (Å²) in [6, 6.07) is 11.7. The van der Waals surface area contributed by atoms with Gasteiger partial charge in [-0.3, -0.25) is 9.69 Å². The van der Waals surface area contributed by atoms with Crippen LogP contribution in [0.1, 0.15) is 44.6 Å². The molecule has 0 unspecified atom stereocenters. The fourth-order valence-electron chi connectivity index (χ4n) is 4.09. The van der Waals surface area contributed by atoms with E-state index >= 15 is 0 Å². The van der Waals surface area contributed by atoms with Crippen molar-refractivity contribution in [3.63, 3.8) is 0 Å². The van der Waals surface area contributed by atoms with E-state index in [0.29, 0.717) is 26.9 Å². The fourth-order valence-corrected chi connectivity index (χ4v) is 5.65. The Morgan fingerprint density at radius 3 is 2.71 bits per heavy atom. The van der Waals surface area contributed by atoms with Gasteiger partial charge >= 0.3 is 5.97 Å². The highest BCUT2D eigenvalue weighted by molar-refractivity contribution is 9.10. The molecule has 35 heavy (non-hydrogen) atoms. The molecule has 184 valence electrons. The number of esters is 1. The molecule has 1 aliphatic carbocycles. The number of hydrogen-bond donors (Lipinski definition) is 0. The van der Waals surface area contributed by atoms with Crippen LogP contribution >= 0.6 is 27.7 Å². The third-order valence-corrected chi connectivity index (χ3v) is 7.35. The number of ether oxygens (including phenoxy) is 2. The van der Waals surface area contributed by atoms with E-state index in [1.165, 1.54) is 17.8 Å². The summed E-state index contributed by atoms with van der Waals surface area (Å²) in [4.78, 5) is 31.8. The highest BCUT2D eigenvalue weighted by Gasteiger charge is 2.38. The molecule has 1 amide bonds. The zero-order valence-electron chi connectivity index (χ0n) is 19.3. The quantitative estimate of drug-likeness (QED) is 0.287. The maximum Gasteiger partial charge on any atom is 0.344 e. The molecule has 0 spiro atoms. The summed E-state index contributed by atoms with van der Waals surface area (Å²) in [5.41, 5.74) is 1.00. The van der Waals surface area contributed by atoms with Crippen LogP contribution in [0.25, 0.3) is 6.08 Å². The summed E-state index contributed by atoms with van der Waals surface area (Å²) >= 11 is 4.73. The van der Waals surface area contributed by atoms with Gasteiger partial charge in [-0.2, -0.15) is 0 Å². The minimum atomic E-state index is -0.442. The van der Waals surface area contributed by atoms with Gasteiger partial charge in [0.2, 0.25) is 0 Å². The molecule has 4 rings (SSSR count). The minimum absolute atomic E-state index is 0.0607. The molecule has 1 heterocycles. The third-order valence-electron chi connectivity index (χ3n) is 5.75. The number of thioether (sulfide) groups is 1. The fraction of sp³-hybridized carbons (Fsp3) is 0.346. The van der Waals surface area contributed by atoms with Crippen molar-refractivity contribution in [2.45, 2.75) is 45.1 Å². The van der Waals surface area contributed by atoms with Gasteiger partial charge in [-0.05, 0) is 83.4 Å². The van der Waals surface area contributed by atoms with Gasteiger partial charge in [-0.25, -0.2) is 14.2 Å². The summed E-state index contributed by atoms with van der Waals surface area (Å²) in [6.07, 6.45) is 6.90. The predicted octanol–water partition coefficient (Wildman–Crippen LogP) is 6.47. The molecular formula is C26H26BrFN2O4S. The first kappa shape index (κ1) is 25.4. The van der Waals surface area contributed by atoms with E-state index in [4.69, 9.17) is 9.47 Å². The first-order valence-electron chi connectivity index (χ1n) is 11.6. The third kappa shape index (κ3) is 6.32. The van der Waals surface area contributed by atoms with Crippen LogP contribution in [0, 0.1) is 5.82 Å². The summed E-state index contributed by atoms with van der Waals surface area (Å²) in [5, 5.41) is 0.506. The van der Waals surface area contributed by atoms with E-state index in [0.717, 1.165) is 37.7 Å². The molecule has 1 saturated heterocycles. The highest BCUT2D eigenvalue weighted by atomic mass is 79.9. The second kappa shape index (κ2) is 11.9. The maximum absolute atomic E-state index is 14.3. The predicted molar refractivity (Wildman–Crippen MR) is 139 cm³/mol. The summed E-state index contributed by atoms with van der Waals surface area (Å²) < 4.78 is 25.4. The van der Waals surface area contributed by atoms with Crippen LogP contribution in [0.4, 0.5) is 10.1 Å². The molecule has 0 atom stereocenters. The molecule has 1 aliphatic heterocycles. The Morgan fingerprint density at radius 1 is 1.23 bits per heavy atom. The average Bonchev–Trinajstić information content (AvgIpc) is 3.15. The smallest absolute Gasteiger partial charge is 0.344 e. The van der Waals surface area contributed by atoms with Crippen LogP contribution in [0.2, 0.25) is 0 Å². The minimum Gasteiger partial charge on any atom is -0.481 e. The molecule has 2 fully saturated rings. The Balaban J connectivity index is 1.59. The molecule has 2 aliphatic rings. The Hall–Kier alpha value is -2.65. The summed E-state index contributed by atoms with van der Waals surface area (Å²) in [6.45, 7) is 1.84. The molecule has 2 aromatic carbocycles. The monoisotopic (exact) mass is 560 g/mol. The normalized spacial score (nSPS) is 18.9. The number of carbonyl (C=O) groups excluding carboxylic acids is 2. The number of carbonyl (C=O) groups is 2. The lowest BCUT2D eigenvalue weighted by atomic mass is 9.94. The standard InChI is InChI=1S/C26H26BrFN2O4S/c1-2-33-24(31)16-34-22-13-12-17(14-19(22)27)15-23-25(32)30(18-8-4-3-5-9-18)26(35-23)29-21-11-7-6-10-20(21)28/h6-7,10-15,18H,2-5,8-9,16H2,1H3/b23-15-,29-26?. The van der Waals surface area contributed by atoms with Gasteiger partial charge in [0.1, 0.15) is 17.3 Å². The highest BCUT2D eigenvalue weighted by Crippen LogP contribution is 2.39. The molecule has 0 N–H and O–H groups in total. The van der Waals surface area contributed by atoms with Crippen LogP contribution in [-0.4, -0.2) is 41.2 Å². The topological polar surface area (TPSA) is 68.2 Å². The van der Waals surface area contributed by atoms with Gasteiger partial charge in [-0.1, -0.05) is 37.5 Å². The van der Waals surface area contributed by atoms with Gasteiger partial charge in [0.25, 0.3) is 5.91 Å². The molecule has 6 nitrogen and oxygen atoms in total. The second-order valence-corrected chi connectivity index (χ2v) is 10.1. The molecule has 0 aromatic heterocycles. The van der Waals surface area contributed by atoms with Gasteiger partial charge in [0.15, 0.2) is 11.8 Å². The van der Waals surface area contributed by atoms with Crippen molar-refractivity contribution in [2.75, 3.05) is 13.2 Å². The van der Waals surface area contributed by atoms with E-state index in [9.17, 15) is 14.0 Å². The van der Waals surface area contributed by atoms with E-state index in [1.807, 2.05) is 12.1 Å². The van der Waals surface area contributed by atoms with Crippen molar-refractivity contribution in [1.82, 2.24) is 4.90 Å². The molecular weight excluding hydrogens is 535 g/mol. The molecule has 1 saturated carbocycles. The van der Waals surface area contributed by atoms with Crippen molar-refractivity contribution in [3.05, 3.63) is 63.2 Å². The van der Waals surface area contributed by atoms with Crippen molar-refractivity contribution in [2.24, 2.45) is 4.99 Å². The van der Waals surface area contributed by atoms with E-state index in [2.05, 4.69) is 20.9 Å². The zero-order valence-corrected chi connectivity index (χ0v) is 21.7. The SMILES string of the molecule is CCOC(=O)COc1ccc(/C=C2\SC(=Nc3ccccc3F)N(C3CCCCC3)C2=O)cc1Br. The lowest BCUT2D eigenvalue weighted by Crippen LogP contribution is -2.40. The summed E-state index contributed by atoms with van der Waals surface area (Å²) in [5.74, 6) is -0.480. The van der Waals surface area contributed by atoms with Gasteiger partial charge in [-0.15, -0.1) is 0 Å². The molecule has 2 aromatic rings. The maximum atomic E-state index is 14.3. The first-order valence-corrected chi connectivity index (χ1v) is 13.2. The van der Waals surface area contributed by atoms with Crippen LogP contribution < -0.4 is 4.74 Å². The van der Waals surface area contributed by atoms with Crippen LogP contribution in [0.15, 0.2) is 56.8 Å². The largest absolute Gasteiger partial charge is 0.481 e. The number of hydrogen-bond acceptors (Lipinski definition) is 6. The lowest BCUT2D eigenvalue weighted by molar-refractivity contribution is -0.145. The van der Waals surface area contributed by atoms with E-state index in [-0.39, 0.29) is 24.2 Å². The van der Waals surface area contributed by atoms with Crippen LogP contribution in [0.3, 0.4) is 0 Å². The van der Waals surface area contributed by atoms with Crippen LogP contribution in [-0.2, 0) is 14.3 Å². The van der Waals surface area contributed by atoms with Crippen molar-refractivity contribution in [1.29, 1.82) is 0 Å². The van der Waals surface area contributed by atoms with Crippen LogP contribution in [0.5, 0.6) is 5.75 Å². The Bertz CT molecular complexity index is 1160. The van der Waals surface area contributed by atoms with E-state index in [1.54, 1.807) is 42.2 Å². The number of aliphatic imine (C=N–C) groups is 1. The number of nitrogens with zero attached hydrogens (tertiary/aromatic N) is 2.